The predicted octanol–water partition coefficient (Wildman–Crippen LogP) is 3.60. The summed E-state index contributed by atoms with van der Waals surface area (Å²) in [5, 5.41) is 8.80. The van der Waals surface area contributed by atoms with E-state index in [1.165, 1.54) is 12.1 Å². The largest absolute Gasteiger partial charge is 0.356 e. The second kappa shape index (κ2) is 8.69. The first-order valence-corrected chi connectivity index (χ1v) is 10.1. The Morgan fingerprint density at radius 2 is 2.10 bits per heavy atom. The van der Waals surface area contributed by atoms with Gasteiger partial charge >= 0.3 is 0 Å². The summed E-state index contributed by atoms with van der Waals surface area (Å²) < 4.78 is 14.5. The molecule has 1 aromatic carbocycles. The van der Waals surface area contributed by atoms with Crippen LogP contribution in [0.3, 0.4) is 0 Å². The van der Waals surface area contributed by atoms with Crippen LogP contribution in [0.2, 0.25) is 5.02 Å². The molecule has 4 rings (SSSR count). The number of halogens is 2. The van der Waals surface area contributed by atoms with Gasteiger partial charge in [-0.25, -0.2) is 14.4 Å². The molecule has 0 radical (unpaired) electrons. The van der Waals surface area contributed by atoms with Gasteiger partial charge in [0.15, 0.2) is 0 Å². The molecule has 31 heavy (non-hydrogen) atoms. The molecule has 0 saturated carbocycles. The maximum absolute atomic E-state index is 14.5. The van der Waals surface area contributed by atoms with Crippen LogP contribution in [0, 0.1) is 5.82 Å². The van der Waals surface area contributed by atoms with Gasteiger partial charge in [-0.05, 0) is 36.8 Å². The first-order chi connectivity index (χ1) is 15.0. The zero-order valence-corrected chi connectivity index (χ0v) is 17.4. The Balaban J connectivity index is 1.67. The van der Waals surface area contributed by atoms with E-state index in [9.17, 15) is 14.0 Å². The van der Waals surface area contributed by atoms with Crippen molar-refractivity contribution in [1.29, 1.82) is 0 Å². The number of carbonyl (C=O) groups excluding carboxylic acids is 2. The monoisotopic (exact) mass is 439 g/mol. The summed E-state index contributed by atoms with van der Waals surface area (Å²) in [7, 11) is 0. The third-order valence-corrected chi connectivity index (χ3v) is 5.10. The fourth-order valence-electron chi connectivity index (χ4n) is 3.39. The Labute approximate surface area is 183 Å². The van der Waals surface area contributed by atoms with E-state index in [1.807, 2.05) is 6.92 Å². The number of amides is 2. The predicted molar refractivity (Wildman–Crippen MR) is 116 cm³/mol. The van der Waals surface area contributed by atoms with Crippen LogP contribution in [0.4, 0.5) is 15.9 Å². The van der Waals surface area contributed by atoms with Crippen LogP contribution in [0.15, 0.2) is 42.6 Å². The fourth-order valence-corrected chi connectivity index (χ4v) is 3.65. The fraction of sp³-hybridized carbons (Fsp3) is 0.182. The van der Waals surface area contributed by atoms with Crippen LogP contribution < -0.4 is 16.0 Å². The number of benzene rings is 1. The van der Waals surface area contributed by atoms with Gasteiger partial charge < -0.3 is 16.0 Å². The molecule has 0 fully saturated rings. The lowest BCUT2D eigenvalue weighted by Crippen LogP contribution is -2.24. The van der Waals surface area contributed by atoms with E-state index in [-0.39, 0.29) is 35.4 Å². The van der Waals surface area contributed by atoms with E-state index in [0.717, 1.165) is 5.56 Å². The van der Waals surface area contributed by atoms with Gasteiger partial charge in [-0.15, -0.1) is 0 Å². The number of hydrogen-bond donors (Lipinski definition) is 3. The van der Waals surface area contributed by atoms with E-state index >= 15 is 0 Å². The number of pyridine rings is 2. The van der Waals surface area contributed by atoms with Crippen molar-refractivity contribution in [2.75, 3.05) is 11.9 Å². The van der Waals surface area contributed by atoms with Crippen LogP contribution in [0.5, 0.6) is 0 Å². The minimum Gasteiger partial charge on any atom is -0.356 e. The van der Waals surface area contributed by atoms with Crippen molar-refractivity contribution in [3.63, 3.8) is 0 Å². The normalized spacial score (nSPS) is 12.3. The van der Waals surface area contributed by atoms with Gasteiger partial charge in [0.2, 0.25) is 5.91 Å². The molecule has 3 N–H and O–H groups in total. The van der Waals surface area contributed by atoms with Crippen LogP contribution >= 0.6 is 11.6 Å². The van der Waals surface area contributed by atoms with Gasteiger partial charge in [0.1, 0.15) is 11.6 Å². The maximum atomic E-state index is 14.5. The minimum atomic E-state index is -0.504. The molecule has 0 saturated heterocycles. The maximum Gasteiger partial charge on any atom is 0.255 e. The molecule has 3 heterocycles. The van der Waals surface area contributed by atoms with Crippen LogP contribution in [0.25, 0.3) is 11.3 Å². The molecule has 1 aliphatic heterocycles. The Morgan fingerprint density at radius 3 is 2.81 bits per heavy atom. The summed E-state index contributed by atoms with van der Waals surface area (Å²) in [6, 6.07) is 9.48. The Morgan fingerprint density at radius 1 is 1.26 bits per heavy atom. The molecule has 0 bridgehead atoms. The third kappa shape index (κ3) is 4.34. The third-order valence-electron chi connectivity index (χ3n) is 4.78. The average Bonchev–Trinajstić information content (AvgIpc) is 3.11. The number of nitrogens with one attached hydrogen (secondary N) is 3. The van der Waals surface area contributed by atoms with Gasteiger partial charge in [-0.3, -0.25) is 9.59 Å². The summed E-state index contributed by atoms with van der Waals surface area (Å²) in [4.78, 5) is 32.9. The quantitative estimate of drug-likeness (QED) is 0.545. The average molecular weight is 440 g/mol. The summed E-state index contributed by atoms with van der Waals surface area (Å²) >= 11 is 6.21. The summed E-state index contributed by atoms with van der Waals surface area (Å²) in [5.41, 5.74) is 2.56. The lowest BCUT2D eigenvalue weighted by Gasteiger charge is -2.13. The van der Waals surface area contributed by atoms with Crippen molar-refractivity contribution >= 4 is 34.9 Å². The number of fused-ring (bicyclic) bond motifs is 1. The number of rotatable bonds is 6. The lowest BCUT2D eigenvalue weighted by atomic mass is 10.1. The Kier molecular flexibility index (Phi) is 5.81. The summed E-state index contributed by atoms with van der Waals surface area (Å²) in [5.74, 6) is -0.390. The highest BCUT2D eigenvalue weighted by Crippen LogP contribution is 2.35. The molecular formula is C22H19ClFN5O2. The van der Waals surface area contributed by atoms with E-state index in [4.69, 9.17) is 11.6 Å². The molecule has 0 atom stereocenters. The van der Waals surface area contributed by atoms with E-state index in [1.54, 1.807) is 30.5 Å². The number of hydrogen-bond acceptors (Lipinski definition) is 5. The van der Waals surface area contributed by atoms with Crippen LogP contribution in [0.1, 0.15) is 28.5 Å². The van der Waals surface area contributed by atoms with E-state index in [0.29, 0.717) is 35.0 Å². The van der Waals surface area contributed by atoms with E-state index < -0.39 is 5.82 Å². The van der Waals surface area contributed by atoms with Gasteiger partial charge in [0, 0.05) is 12.7 Å². The van der Waals surface area contributed by atoms with Crippen molar-refractivity contribution in [1.82, 2.24) is 20.6 Å². The molecule has 0 aliphatic carbocycles. The van der Waals surface area contributed by atoms with Gasteiger partial charge in [0.05, 0.1) is 46.2 Å². The van der Waals surface area contributed by atoms with Crippen molar-refractivity contribution in [2.45, 2.75) is 19.9 Å². The van der Waals surface area contributed by atoms with E-state index in [2.05, 4.69) is 25.9 Å². The van der Waals surface area contributed by atoms with Crippen molar-refractivity contribution in [2.24, 2.45) is 0 Å². The second-order valence-electron chi connectivity index (χ2n) is 6.96. The standard InChI is InChI=1S/C22H19ClFN5O2/c1-2-25-19(30)8-12-6-7-18(26-10-12)29-16-9-15(20-13(23)4-3-5-14(20)24)28-17-11-27-22(31)21(16)17/h3-7,9-10H,2,8,11H2,1H3,(H,25,30)(H,27,31)(H,26,28,29). The van der Waals surface area contributed by atoms with Crippen molar-refractivity contribution in [3.8, 4) is 11.3 Å². The molecule has 158 valence electrons. The topological polar surface area (TPSA) is 96.0 Å². The van der Waals surface area contributed by atoms with Gasteiger partial charge in [-0.1, -0.05) is 23.7 Å². The Bertz CT molecular complexity index is 1150. The number of anilines is 2. The zero-order chi connectivity index (χ0) is 22.0. The molecule has 7 nitrogen and oxygen atoms in total. The molecule has 0 spiro atoms. The molecule has 1 aliphatic rings. The summed E-state index contributed by atoms with van der Waals surface area (Å²) in [6.45, 7) is 2.66. The number of nitrogens with zero attached hydrogens (tertiary/aromatic N) is 2. The van der Waals surface area contributed by atoms with Crippen molar-refractivity contribution < 1.29 is 14.0 Å². The molecule has 9 heteroatoms. The second-order valence-corrected chi connectivity index (χ2v) is 7.37. The number of aromatic nitrogens is 2. The first kappa shape index (κ1) is 20.7. The molecule has 2 amide bonds. The summed E-state index contributed by atoms with van der Waals surface area (Å²) in [6.07, 6.45) is 1.82. The molecular weight excluding hydrogens is 421 g/mol. The highest BCUT2D eigenvalue weighted by molar-refractivity contribution is 6.33. The van der Waals surface area contributed by atoms with Crippen LogP contribution in [-0.4, -0.2) is 28.3 Å². The van der Waals surface area contributed by atoms with Gasteiger partial charge in [-0.2, -0.15) is 0 Å². The van der Waals surface area contributed by atoms with Crippen LogP contribution in [-0.2, 0) is 17.8 Å². The first-order valence-electron chi connectivity index (χ1n) is 9.71. The highest BCUT2D eigenvalue weighted by atomic mass is 35.5. The van der Waals surface area contributed by atoms with Crippen molar-refractivity contribution in [3.05, 3.63) is 70.3 Å². The number of likely N-dealkylation sites (N-methyl/N-ethyl adjacent to an activating group) is 1. The SMILES string of the molecule is CCNC(=O)Cc1ccc(Nc2cc(-c3c(F)cccc3Cl)nc3c2C(=O)NC3)nc1. The number of carbonyl (C=O) groups is 2. The minimum absolute atomic E-state index is 0.0833. The molecule has 3 aromatic rings. The smallest absolute Gasteiger partial charge is 0.255 e. The highest BCUT2D eigenvalue weighted by Gasteiger charge is 2.27. The molecule has 0 unspecified atom stereocenters. The molecule has 2 aromatic heterocycles. The zero-order valence-electron chi connectivity index (χ0n) is 16.6. The Hall–Kier alpha value is -3.52. The lowest BCUT2D eigenvalue weighted by molar-refractivity contribution is -0.120. The van der Waals surface area contributed by atoms with Gasteiger partial charge in [0.25, 0.3) is 5.91 Å².